The van der Waals surface area contributed by atoms with Gasteiger partial charge in [0.05, 0.1) is 6.04 Å². The van der Waals surface area contributed by atoms with Gasteiger partial charge in [-0.05, 0) is 0 Å². The van der Waals surface area contributed by atoms with Crippen molar-refractivity contribution in [3.8, 4) is 0 Å². The molecule has 1 aliphatic rings. The van der Waals surface area contributed by atoms with Crippen LogP contribution in [0.5, 0.6) is 0 Å². The molecule has 0 spiro atoms. The smallest absolute Gasteiger partial charge is 0.227 e. The average Bonchev–Trinajstić information content (AvgIpc) is 2.83. The largest absolute Gasteiger partial charge is 0.287 e. The van der Waals surface area contributed by atoms with Crippen molar-refractivity contribution in [2.45, 2.75) is 25.7 Å². The van der Waals surface area contributed by atoms with E-state index in [4.69, 9.17) is 0 Å². The van der Waals surface area contributed by atoms with Crippen molar-refractivity contribution in [1.29, 1.82) is 0 Å². The highest BCUT2D eigenvalue weighted by molar-refractivity contribution is 6.31. The summed E-state index contributed by atoms with van der Waals surface area (Å²) in [6, 6.07) is 0.539. The van der Waals surface area contributed by atoms with Crippen LogP contribution in [0.4, 0.5) is 0 Å². The van der Waals surface area contributed by atoms with Crippen LogP contribution in [0, 0.1) is 0 Å². The molecule has 12 heavy (non-hydrogen) atoms. The van der Waals surface area contributed by atoms with Crippen molar-refractivity contribution < 1.29 is 0 Å². The van der Waals surface area contributed by atoms with Gasteiger partial charge in [-0.3, -0.25) is 5.34 Å². The second kappa shape index (κ2) is 4.65. The summed E-state index contributed by atoms with van der Waals surface area (Å²) in [7, 11) is 4.11. The van der Waals surface area contributed by atoms with Crippen molar-refractivity contribution >= 4 is 7.41 Å². The van der Waals surface area contributed by atoms with Crippen LogP contribution < -0.4 is 5.34 Å². The highest BCUT2D eigenvalue weighted by atomic mass is 15.8. The van der Waals surface area contributed by atoms with Crippen LogP contribution in [0.15, 0.2) is 12.7 Å². The molecule has 4 heteroatoms. The Balaban J connectivity index is 2.05. The quantitative estimate of drug-likeness (QED) is 0.205. The third-order valence-electron chi connectivity index (χ3n) is 1.99. The first-order chi connectivity index (χ1) is 5.79. The van der Waals surface area contributed by atoms with Gasteiger partial charge >= 0.3 is 0 Å². The average molecular weight is 166 g/mol. The third-order valence-corrected chi connectivity index (χ3v) is 1.99. The maximum atomic E-state index is 3.75. The lowest BCUT2D eigenvalue weighted by Crippen LogP contribution is -2.41. The summed E-state index contributed by atoms with van der Waals surface area (Å²) in [5.74, 6) is 0. The molecule has 1 N–H and O–H groups in total. The van der Waals surface area contributed by atoms with E-state index in [1.54, 1.807) is 0 Å². The van der Waals surface area contributed by atoms with Gasteiger partial charge in [-0.2, -0.15) is 5.12 Å². The molecular formula is C8H17BN3. The van der Waals surface area contributed by atoms with Gasteiger partial charge in [0.25, 0.3) is 0 Å². The van der Waals surface area contributed by atoms with E-state index in [2.05, 4.69) is 31.3 Å². The van der Waals surface area contributed by atoms with Crippen molar-refractivity contribution in [2.24, 2.45) is 0 Å². The van der Waals surface area contributed by atoms with Crippen molar-refractivity contribution in [3.05, 3.63) is 12.7 Å². The number of nitrogens with one attached hydrogen (secondary N) is 1. The van der Waals surface area contributed by atoms with E-state index in [1.807, 2.05) is 18.2 Å². The first kappa shape index (κ1) is 9.77. The molecule has 0 aliphatic carbocycles. The lowest BCUT2D eigenvalue weighted by atomic mass is 9.89. The monoisotopic (exact) mass is 166 g/mol. The van der Waals surface area contributed by atoms with E-state index in [-0.39, 0.29) is 0 Å². The fourth-order valence-electron chi connectivity index (χ4n) is 1.10. The predicted octanol–water partition coefficient (Wildman–Crippen LogP) is 0.655. The summed E-state index contributed by atoms with van der Waals surface area (Å²) >= 11 is 0. The second-order valence-corrected chi connectivity index (χ2v) is 3.07. The van der Waals surface area contributed by atoms with Crippen LogP contribution in [0.3, 0.4) is 0 Å². The van der Waals surface area contributed by atoms with Crippen molar-refractivity contribution in [1.82, 2.24) is 15.5 Å². The van der Waals surface area contributed by atoms with Crippen LogP contribution in [0.1, 0.15) is 13.3 Å². The molecule has 1 radical (unpaired) electrons. The molecule has 2 unspecified atom stereocenters. The van der Waals surface area contributed by atoms with Gasteiger partial charge in [0, 0.05) is 13.6 Å². The van der Waals surface area contributed by atoms with Crippen LogP contribution in [0.25, 0.3) is 0 Å². The highest BCUT2D eigenvalue weighted by Crippen LogP contribution is 2.17. The number of hydrazine groups is 2. The molecule has 1 fully saturated rings. The SMILES string of the molecule is C=CC1CN1N(C)N[B]CCC. The van der Waals surface area contributed by atoms with Crippen LogP contribution in [-0.4, -0.2) is 37.2 Å². The number of rotatable bonds is 6. The zero-order chi connectivity index (χ0) is 8.97. The Labute approximate surface area is 75.6 Å². The molecule has 0 aromatic heterocycles. The van der Waals surface area contributed by atoms with E-state index >= 15 is 0 Å². The second-order valence-electron chi connectivity index (χ2n) is 3.07. The Bertz CT molecular complexity index is 151. The molecule has 3 nitrogen and oxygen atoms in total. The molecule has 1 saturated heterocycles. The number of nitrogens with zero attached hydrogens (tertiary/aromatic N) is 2. The van der Waals surface area contributed by atoms with Gasteiger partial charge in [-0.1, -0.05) is 25.7 Å². The summed E-state index contributed by atoms with van der Waals surface area (Å²) in [6.07, 6.45) is 4.26. The normalized spacial score (nSPS) is 27.2. The Hall–Kier alpha value is -0.315. The summed E-state index contributed by atoms with van der Waals surface area (Å²) < 4.78 is 0. The number of hydrogen-bond donors (Lipinski definition) is 1. The number of hydrogen-bond acceptors (Lipinski definition) is 3. The molecule has 2 atom stereocenters. The van der Waals surface area contributed by atoms with Crippen LogP contribution in [0.2, 0.25) is 6.32 Å². The highest BCUT2D eigenvalue weighted by Gasteiger charge is 2.34. The summed E-state index contributed by atoms with van der Waals surface area (Å²) in [5, 5.41) is 7.42. The van der Waals surface area contributed by atoms with E-state index < -0.39 is 0 Å². The minimum absolute atomic E-state index is 0.539. The molecule has 1 heterocycles. The van der Waals surface area contributed by atoms with E-state index in [1.165, 1.54) is 6.42 Å². The Morgan fingerprint density at radius 3 is 3.08 bits per heavy atom. The van der Waals surface area contributed by atoms with Crippen molar-refractivity contribution in [2.75, 3.05) is 13.6 Å². The minimum Gasteiger partial charge on any atom is -0.287 e. The maximum absolute atomic E-state index is 3.75. The summed E-state index contributed by atoms with van der Waals surface area (Å²) in [4.78, 5) is 0. The van der Waals surface area contributed by atoms with Gasteiger partial charge in [0.15, 0.2) is 0 Å². The Morgan fingerprint density at radius 1 is 1.83 bits per heavy atom. The van der Waals surface area contributed by atoms with Gasteiger partial charge in [0.1, 0.15) is 0 Å². The standard InChI is InChI=1S/C8H17BN3/c1-4-6-9-10-11(3)12-7-8(12)5-2/h5,8,10H,2,4,6-7H2,1,3H3. The third kappa shape index (κ3) is 2.62. The summed E-state index contributed by atoms with van der Waals surface area (Å²) in [6.45, 7) is 7.00. The first-order valence-electron chi connectivity index (χ1n) is 4.50. The molecule has 0 amide bonds. The molecule has 0 aromatic rings. The van der Waals surface area contributed by atoms with Gasteiger partial charge in [-0.15, -0.1) is 6.58 Å². The molecular weight excluding hydrogens is 149 g/mol. The van der Waals surface area contributed by atoms with Gasteiger partial charge < -0.3 is 0 Å². The van der Waals surface area contributed by atoms with Crippen LogP contribution >= 0.6 is 0 Å². The molecule has 67 valence electrons. The summed E-state index contributed by atoms with van der Waals surface area (Å²) in [5.41, 5.74) is 0. The van der Waals surface area contributed by atoms with Gasteiger partial charge in [0.2, 0.25) is 7.41 Å². The van der Waals surface area contributed by atoms with E-state index in [9.17, 15) is 0 Å². The molecule has 0 saturated carbocycles. The van der Waals surface area contributed by atoms with Crippen LogP contribution in [-0.2, 0) is 0 Å². The molecule has 0 aromatic carbocycles. The van der Waals surface area contributed by atoms with Gasteiger partial charge in [-0.25, -0.2) is 5.01 Å². The molecule has 1 aliphatic heterocycles. The lowest BCUT2D eigenvalue weighted by Gasteiger charge is -2.18. The minimum atomic E-state index is 0.539. The first-order valence-corrected chi connectivity index (χ1v) is 4.50. The van der Waals surface area contributed by atoms with E-state index in [0.29, 0.717) is 6.04 Å². The molecule has 1 rings (SSSR count). The fraction of sp³-hybridized carbons (Fsp3) is 0.750. The predicted molar refractivity (Wildman–Crippen MR) is 52.4 cm³/mol. The molecule has 0 bridgehead atoms. The Morgan fingerprint density at radius 2 is 2.58 bits per heavy atom. The van der Waals surface area contributed by atoms with E-state index in [0.717, 1.165) is 12.9 Å². The fourth-order valence-corrected chi connectivity index (χ4v) is 1.10. The zero-order valence-electron chi connectivity index (χ0n) is 7.95. The lowest BCUT2D eigenvalue weighted by molar-refractivity contribution is 0.0879. The van der Waals surface area contributed by atoms with Crippen molar-refractivity contribution in [3.63, 3.8) is 0 Å². The maximum Gasteiger partial charge on any atom is 0.227 e. The zero-order valence-corrected chi connectivity index (χ0v) is 7.95. The topological polar surface area (TPSA) is 18.3 Å². The Kier molecular flexibility index (Phi) is 3.78.